The highest BCUT2D eigenvalue weighted by Crippen LogP contribution is 2.44. The Kier molecular flexibility index (Phi) is 5.61. The van der Waals surface area contributed by atoms with Crippen LogP contribution in [0.4, 0.5) is 15.9 Å². The number of rotatable bonds is 6. The fraction of sp³-hybridized carbons (Fsp3) is 0.500. The summed E-state index contributed by atoms with van der Waals surface area (Å²) in [5.41, 5.74) is 7.13. The standard InChI is InChI=1S/C20H24ClFN4O3/c1-20(2)28-16-12(9-27-8-11-6-4-3-5-7-11)13(22)15(17(16)29-20)26-19-14(23)18(21)24-10-25-19/h3-7,10,12-13,15-17H,8-9,23H2,1-2H3,(H,24,25,26)/t12-,13+,15+,16+,17-/m1/s1. The van der Waals surface area contributed by atoms with E-state index in [1.54, 1.807) is 0 Å². The fourth-order valence-electron chi connectivity index (χ4n) is 3.94. The number of nitrogens with one attached hydrogen (secondary N) is 1. The van der Waals surface area contributed by atoms with Crippen LogP contribution >= 0.6 is 11.6 Å². The molecular formula is C20H24ClFN4O3. The van der Waals surface area contributed by atoms with Gasteiger partial charge >= 0.3 is 0 Å². The van der Waals surface area contributed by atoms with Crippen molar-refractivity contribution in [3.05, 3.63) is 47.4 Å². The van der Waals surface area contributed by atoms with E-state index in [4.69, 9.17) is 31.5 Å². The van der Waals surface area contributed by atoms with E-state index in [-0.39, 0.29) is 23.3 Å². The van der Waals surface area contributed by atoms with Gasteiger partial charge in [0, 0.05) is 5.92 Å². The lowest BCUT2D eigenvalue weighted by molar-refractivity contribution is -0.165. The monoisotopic (exact) mass is 422 g/mol. The summed E-state index contributed by atoms with van der Waals surface area (Å²) >= 11 is 5.96. The van der Waals surface area contributed by atoms with Crippen LogP contribution in [0.2, 0.25) is 5.15 Å². The highest BCUT2D eigenvalue weighted by molar-refractivity contribution is 6.32. The molecule has 1 saturated heterocycles. The average molecular weight is 423 g/mol. The predicted molar refractivity (Wildman–Crippen MR) is 107 cm³/mol. The summed E-state index contributed by atoms with van der Waals surface area (Å²) in [6.07, 6.45) is -0.979. The fourth-order valence-corrected chi connectivity index (χ4v) is 4.07. The second-order valence-corrected chi connectivity index (χ2v) is 8.13. The van der Waals surface area contributed by atoms with Crippen LogP contribution in [-0.4, -0.2) is 46.8 Å². The summed E-state index contributed by atoms with van der Waals surface area (Å²) in [4.78, 5) is 7.91. The molecule has 1 saturated carbocycles. The van der Waals surface area contributed by atoms with Crippen molar-refractivity contribution in [3.8, 4) is 0 Å². The minimum Gasteiger partial charge on any atom is -0.393 e. The maximum atomic E-state index is 15.4. The van der Waals surface area contributed by atoms with Crippen LogP contribution in [-0.2, 0) is 20.8 Å². The van der Waals surface area contributed by atoms with E-state index >= 15 is 4.39 Å². The Morgan fingerprint density at radius 1 is 1.21 bits per heavy atom. The number of halogens is 2. The van der Waals surface area contributed by atoms with Gasteiger partial charge in [0.15, 0.2) is 16.8 Å². The zero-order valence-electron chi connectivity index (χ0n) is 16.2. The first-order valence-corrected chi connectivity index (χ1v) is 9.87. The zero-order valence-corrected chi connectivity index (χ0v) is 17.0. The summed E-state index contributed by atoms with van der Waals surface area (Å²) in [6.45, 7) is 4.23. The molecule has 2 aliphatic rings. The first kappa shape index (κ1) is 20.3. The van der Waals surface area contributed by atoms with Gasteiger partial charge in [-0.1, -0.05) is 41.9 Å². The van der Waals surface area contributed by atoms with Crippen LogP contribution in [0.3, 0.4) is 0 Å². The Bertz CT molecular complexity index is 857. The normalized spacial score (nSPS) is 30.3. The SMILES string of the molecule is CC1(C)O[C@@H]2[C@@H](Nc3ncnc(Cl)c3N)[C@@H](F)[C@@H](COCc3ccccc3)[C@@H]2O1. The number of fused-ring (bicyclic) bond motifs is 1. The van der Waals surface area contributed by atoms with Gasteiger partial charge in [0.25, 0.3) is 0 Å². The molecule has 1 aliphatic heterocycles. The van der Waals surface area contributed by atoms with Crippen LogP contribution in [0.15, 0.2) is 36.7 Å². The van der Waals surface area contributed by atoms with Crippen molar-refractivity contribution >= 4 is 23.1 Å². The first-order chi connectivity index (χ1) is 13.9. The molecule has 1 aromatic carbocycles. The number of nitrogen functional groups attached to an aromatic ring is 1. The second-order valence-electron chi connectivity index (χ2n) is 7.77. The lowest BCUT2D eigenvalue weighted by atomic mass is 10.1. The molecule has 156 valence electrons. The number of alkyl halides is 1. The van der Waals surface area contributed by atoms with Crippen LogP contribution < -0.4 is 11.1 Å². The van der Waals surface area contributed by atoms with E-state index in [9.17, 15) is 0 Å². The predicted octanol–water partition coefficient (Wildman–Crippen LogP) is 3.20. The van der Waals surface area contributed by atoms with Crippen molar-refractivity contribution in [2.24, 2.45) is 5.92 Å². The van der Waals surface area contributed by atoms with Crippen molar-refractivity contribution in [2.45, 2.75) is 50.7 Å². The molecule has 2 aromatic rings. The van der Waals surface area contributed by atoms with Crippen LogP contribution in [0, 0.1) is 5.92 Å². The van der Waals surface area contributed by atoms with E-state index < -0.39 is 36.1 Å². The maximum absolute atomic E-state index is 15.4. The van der Waals surface area contributed by atoms with Gasteiger partial charge in [-0.2, -0.15) is 0 Å². The smallest absolute Gasteiger partial charge is 0.163 e. The zero-order chi connectivity index (χ0) is 20.6. The summed E-state index contributed by atoms with van der Waals surface area (Å²) in [5.74, 6) is -1.04. The molecule has 7 nitrogen and oxygen atoms in total. The minimum absolute atomic E-state index is 0.110. The third-order valence-electron chi connectivity index (χ3n) is 5.25. The van der Waals surface area contributed by atoms with Gasteiger partial charge < -0.3 is 25.3 Å². The molecule has 0 unspecified atom stereocenters. The number of nitrogens with zero attached hydrogens (tertiary/aromatic N) is 2. The summed E-state index contributed by atoms with van der Waals surface area (Å²) < 4.78 is 33.3. The van der Waals surface area contributed by atoms with Crippen molar-refractivity contribution in [2.75, 3.05) is 17.7 Å². The van der Waals surface area contributed by atoms with Crippen molar-refractivity contribution in [3.63, 3.8) is 0 Å². The number of hydrogen-bond donors (Lipinski definition) is 2. The van der Waals surface area contributed by atoms with Gasteiger partial charge in [0.1, 0.15) is 24.3 Å². The number of ether oxygens (including phenoxy) is 3. The molecule has 1 aliphatic carbocycles. The van der Waals surface area contributed by atoms with Crippen molar-refractivity contribution in [1.82, 2.24) is 9.97 Å². The molecule has 3 N–H and O–H groups in total. The number of benzene rings is 1. The Labute approximate surface area is 173 Å². The number of anilines is 2. The highest BCUT2D eigenvalue weighted by atomic mass is 35.5. The molecule has 0 bridgehead atoms. The number of nitrogens with two attached hydrogens (primary N) is 1. The van der Waals surface area contributed by atoms with E-state index in [1.165, 1.54) is 6.33 Å². The molecular weight excluding hydrogens is 399 g/mol. The number of aromatic nitrogens is 2. The Morgan fingerprint density at radius 3 is 2.69 bits per heavy atom. The van der Waals surface area contributed by atoms with E-state index in [0.29, 0.717) is 6.61 Å². The highest BCUT2D eigenvalue weighted by Gasteiger charge is 2.59. The summed E-state index contributed by atoms with van der Waals surface area (Å²) in [5, 5.41) is 3.16. The Hall–Kier alpha value is -2.00. The van der Waals surface area contributed by atoms with Gasteiger partial charge in [0.05, 0.1) is 25.4 Å². The molecule has 0 radical (unpaired) electrons. The van der Waals surface area contributed by atoms with Gasteiger partial charge in [0.2, 0.25) is 0 Å². The van der Waals surface area contributed by atoms with E-state index in [0.717, 1.165) is 5.56 Å². The number of hydrogen-bond acceptors (Lipinski definition) is 7. The largest absolute Gasteiger partial charge is 0.393 e. The third-order valence-corrected chi connectivity index (χ3v) is 5.55. The molecule has 5 atom stereocenters. The Balaban J connectivity index is 1.49. The lowest BCUT2D eigenvalue weighted by Crippen LogP contribution is -2.40. The van der Waals surface area contributed by atoms with Crippen molar-refractivity contribution < 1.29 is 18.6 Å². The van der Waals surface area contributed by atoms with Gasteiger partial charge in [-0.05, 0) is 19.4 Å². The van der Waals surface area contributed by atoms with Gasteiger partial charge in [-0.25, -0.2) is 14.4 Å². The van der Waals surface area contributed by atoms with Crippen LogP contribution in [0.1, 0.15) is 19.4 Å². The molecule has 0 amide bonds. The van der Waals surface area contributed by atoms with Gasteiger partial charge in [-0.3, -0.25) is 0 Å². The molecule has 29 heavy (non-hydrogen) atoms. The van der Waals surface area contributed by atoms with Crippen molar-refractivity contribution in [1.29, 1.82) is 0 Å². The average Bonchev–Trinajstić information content (AvgIpc) is 3.12. The van der Waals surface area contributed by atoms with E-state index in [2.05, 4.69) is 15.3 Å². The van der Waals surface area contributed by atoms with E-state index in [1.807, 2.05) is 44.2 Å². The quantitative estimate of drug-likeness (QED) is 0.690. The molecule has 2 heterocycles. The van der Waals surface area contributed by atoms with Crippen LogP contribution in [0.25, 0.3) is 0 Å². The lowest BCUT2D eigenvalue weighted by Gasteiger charge is -2.27. The maximum Gasteiger partial charge on any atom is 0.163 e. The minimum atomic E-state index is -1.29. The molecule has 0 spiro atoms. The second kappa shape index (κ2) is 8.02. The Morgan fingerprint density at radius 2 is 1.93 bits per heavy atom. The first-order valence-electron chi connectivity index (χ1n) is 9.49. The molecule has 1 aromatic heterocycles. The third kappa shape index (κ3) is 4.16. The molecule has 2 fully saturated rings. The summed E-state index contributed by atoms with van der Waals surface area (Å²) in [6, 6.07) is 9.05. The topological polar surface area (TPSA) is 91.5 Å². The summed E-state index contributed by atoms with van der Waals surface area (Å²) in [7, 11) is 0. The molecule has 4 rings (SSSR count). The van der Waals surface area contributed by atoms with Crippen LogP contribution in [0.5, 0.6) is 0 Å². The molecule has 9 heteroatoms. The van der Waals surface area contributed by atoms with Gasteiger partial charge in [-0.15, -0.1) is 0 Å².